The molecule has 94 valence electrons. The van der Waals surface area contributed by atoms with Gasteiger partial charge in [0.15, 0.2) is 0 Å². The van der Waals surface area contributed by atoms with E-state index >= 15 is 0 Å². The van der Waals surface area contributed by atoms with Crippen LogP contribution in [0.5, 0.6) is 0 Å². The molecular weight excluding hydrogens is 262 g/mol. The Bertz CT molecular complexity index is 826. The molecule has 0 unspecified atom stereocenters. The zero-order valence-electron chi connectivity index (χ0n) is 9.88. The lowest BCUT2D eigenvalue weighted by Gasteiger charge is -2.11. The molecule has 19 heavy (non-hydrogen) atoms. The van der Waals surface area contributed by atoms with Gasteiger partial charge in [-0.2, -0.15) is 4.98 Å². The highest BCUT2D eigenvalue weighted by Crippen LogP contribution is 2.25. The molecule has 2 N–H and O–H groups in total. The summed E-state index contributed by atoms with van der Waals surface area (Å²) in [4.78, 5) is 15.6. The fourth-order valence-corrected chi connectivity index (χ4v) is 2.30. The second-order valence-corrected chi connectivity index (χ2v) is 4.55. The zero-order valence-corrected chi connectivity index (χ0v) is 10.6. The Morgan fingerprint density at radius 2 is 1.95 bits per heavy atom. The third-order valence-corrected chi connectivity index (χ3v) is 3.22. The quantitative estimate of drug-likeness (QED) is 0.692. The van der Waals surface area contributed by atoms with Gasteiger partial charge < -0.3 is 5.73 Å². The van der Waals surface area contributed by atoms with Crippen molar-refractivity contribution in [1.29, 1.82) is 0 Å². The summed E-state index contributed by atoms with van der Waals surface area (Å²) < 4.78 is 1.78. The highest BCUT2D eigenvalue weighted by molar-refractivity contribution is 6.32. The summed E-state index contributed by atoms with van der Waals surface area (Å²) in [5, 5.41) is 1.06. The van der Waals surface area contributed by atoms with Crippen LogP contribution in [0.3, 0.4) is 0 Å². The molecular formula is C14H10ClN3O. The van der Waals surface area contributed by atoms with E-state index in [2.05, 4.69) is 4.98 Å². The monoisotopic (exact) mass is 271 g/mol. The van der Waals surface area contributed by atoms with Crippen molar-refractivity contribution in [2.24, 2.45) is 0 Å². The van der Waals surface area contributed by atoms with E-state index in [4.69, 9.17) is 17.3 Å². The van der Waals surface area contributed by atoms with Gasteiger partial charge in [0.25, 0.3) is 5.56 Å². The molecule has 0 spiro atoms. The van der Waals surface area contributed by atoms with Crippen molar-refractivity contribution < 1.29 is 0 Å². The summed E-state index contributed by atoms with van der Waals surface area (Å²) in [5.41, 5.74) is 7.52. The summed E-state index contributed by atoms with van der Waals surface area (Å²) in [6.07, 6.45) is 1.47. The summed E-state index contributed by atoms with van der Waals surface area (Å²) in [7, 11) is 0. The number of rotatable bonds is 1. The molecule has 2 aromatic carbocycles. The number of hydrogen-bond acceptors (Lipinski definition) is 3. The molecule has 1 heterocycles. The van der Waals surface area contributed by atoms with Crippen LogP contribution in [-0.4, -0.2) is 9.55 Å². The number of halogens is 1. The molecule has 0 radical (unpaired) electrons. The van der Waals surface area contributed by atoms with E-state index in [-0.39, 0.29) is 5.56 Å². The van der Waals surface area contributed by atoms with E-state index in [1.165, 1.54) is 6.33 Å². The Hall–Kier alpha value is -2.33. The van der Waals surface area contributed by atoms with Crippen molar-refractivity contribution >= 4 is 28.2 Å². The van der Waals surface area contributed by atoms with Gasteiger partial charge in [0, 0.05) is 5.69 Å². The molecule has 1 aromatic heterocycles. The lowest BCUT2D eigenvalue weighted by molar-refractivity contribution is 1.02. The number of benzene rings is 2. The minimum Gasteiger partial charge on any atom is -0.399 e. The van der Waals surface area contributed by atoms with E-state index in [0.717, 1.165) is 11.2 Å². The third-order valence-electron chi connectivity index (χ3n) is 2.92. The minimum atomic E-state index is -0.251. The van der Waals surface area contributed by atoms with E-state index in [0.29, 0.717) is 16.1 Å². The second kappa shape index (κ2) is 4.40. The molecule has 0 saturated heterocycles. The second-order valence-electron chi connectivity index (χ2n) is 4.15. The highest BCUT2D eigenvalue weighted by atomic mass is 35.5. The van der Waals surface area contributed by atoms with Crippen LogP contribution in [0.1, 0.15) is 0 Å². The van der Waals surface area contributed by atoms with Crippen LogP contribution in [0.4, 0.5) is 5.69 Å². The zero-order chi connectivity index (χ0) is 13.4. The lowest BCUT2D eigenvalue weighted by Crippen LogP contribution is -2.11. The van der Waals surface area contributed by atoms with E-state index < -0.39 is 0 Å². The number of nitrogens with zero attached hydrogens (tertiary/aromatic N) is 2. The van der Waals surface area contributed by atoms with Gasteiger partial charge in [0.05, 0.1) is 21.6 Å². The van der Waals surface area contributed by atoms with Gasteiger partial charge in [0.1, 0.15) is 6.33 Å². The van der Waals surface area contributed by atoms with Crippen LogP contribution in [0.25, 0.3) is 16.6 Å². The minimum absolute atomic E-state index is 0.251. The van der Waals surface area contributed by atoms with Crippen LogP contribution >= 0.6 is 11.6 Å². The van der Waals surface area contributed by atoms with Crippen LogP contribution in [0, 0.1) is 0 Å². The maximum atomic E-state index is 11.7. The smallest absolute Gasteiger partial charge is 0.280 e. The van der Waals surface area contributed by atoms with Crippen molar-refractivity contribution in [1.82, 2.24) is 9.55 Å². The van der Waals surface area contributed by atoms with Crippen LogP contribution in [0.15, 0.2) is 53.6 Å². The number of para-hydroxylation sites is 1. The Morgan fingerprint density at radius 1 is 1.16 bits per heavy atom. The number of fused-ring (bicyclic) bond motifs is 1. The molecule has 0 aliphatic carbocycles. The lowest BCUT2D eigenvalue weighted by atomic mass is 10.2. The summed E-state index contributed by atoms with van der Waals surface area (Å²) in [6.45, 7) is 0. The van der Waals surface area contributed by atoms with Gasteiger partial charge in [0.2, 0.25) is 0 Å². The van der Waals surface area contributed by atoms with Crippen LogP contribution in [0.2, 0.25) is 5.02 Å². The molecule has 0 bridgehead atoms. The predicted molar refractivity (Wildman–Crippen MR) is 76.8 cm³/mol. The first-order chi connectivity index (χ1) is 9.16. The standard InChI is InChI=1S/C14H10ClN3O/c15-11-7-9(16)5-6-13(11)18-8-17-14(19)10-3-1-2-4-12(10)18/h1-8H,16H2. The number of anilines is 1. The van der Waals surface area contributed by atoms with Crippen LogP contribution < -0.4 is 11.3 Å². The van der Waals surface area contributed by atoms with Gasteiger partial charge in [-0.3, -0.25) is 9.36 Å². The Labute approximate surface area is 114 Å². The van der Waals surface area contributed by atoms with Gasteiger partial charge in [-0.05, 0) is 30.3 Å². The Balaban J connectivity index is 2.37. The topological polar surface area (TPSA) is 60.9 Å². The van der Waals surface area contributed by atoms with Crippen molar-refractivity contribution in [3.05, 3.63) is 64.2 Å². The molecule has 3 aromatic rings. The Morgan fingerprint density at radius 3 is 2.74 bits per heavy atom. The largest absolute Gasteiger partial charge is 0.399 e. The fraction of sp³-hybridized carbons (Fsp3) is 0. The highest BCUT2D eigenvalue weighted by Gasteiger charge is 2.08. The number of aromatic nitrogens is 2. The molecule has 0 amide bonds. The Kier molecular flexibility index (Phi) is 2.72. The SMILES string of the molecule is Nc1ccc(-n2cnc(=O)c3ccccc32)c(Cl)c1. The predicted octanol–water partition coefficient (Wildman–Crippen LogP) is 2.62. The van der Waals surface area contributed by atoms with Crippen molar-refractivity contribution in [2.75, 3.05) is 5.73 Å². The first kappa shape index (κ1) is 11.7. The average Bonchev–Trinajstić information content (AvgIpc) is 2.41. The maximum absolute atomic E-state index is 11.7. The van der Waals surface area contributed by atoms with Crippen molar-refractivity contribution in [2.45, 2.75) is 0 Å². The van der Waals surface area contributed by atoms with Crippen molar-refractivity contribution in [3.63, 3.8) is 0 Å². The average molecular weight is 272 g/mol. The van der Waals surface area contributed by atoms with E-state index in [1.54, 1.807) is 34.9 Å². The summed E-state index contributed by atoms with van der Waals surface area (Å²) >= 11 is 6.20. The number of nitrogens with two attached hydrogens (primary N) is 1. The van der Waals surface area contributed by atoms with Gasteiger partial charge in [-0.1, -0.05) is 23.7 Å². The van der Waals surface area contributed by atoms with Crippen LogP contribution in [-0.2, 0) is 0 Å². The summed E-state index contributed by atoms with van der Waals surface area (Å²) in [5.74, 6) is 0. The first-order valence-corrected chi connectivity index (χ1v) is 6.06. The fourth-order valence-electron chi connectivity index (χ4n) is 2.02. The molecule has 3 rings (SSSR count). The summed E-state index contributed by atoms with van der Waals surface area (Å²) in [6, 6.07) is 12.5. The molecule has 0 fully saturated rings. The normalized spacial score (nSPS) is 10.8. The van der Waals surface area contributed by atoms with Crippen molar-refractivity contribution in [3.8, 4) is 5.69 Å². The molecule has 5 heteroatoms. The third kappa shape index (κ3) is 1.96. The molecule has 0 aliphatic heterocycles. The van der Waals surface area contributed by atoms with E-state index in [1.807, 2.05) is 12.1 Å². The van der Waals surface area contributed by atoms with E-state index in [9.17, 15) is 4.79 Å². The number of nitrogen functional groups attached to an aromatic ring is 1. The molecule has 0 aliphatic rings. The van der Waals surface area contributed by atoms with Gasteiger partial charge in [-0.25, -0.2) is 0 Å². The molecule has 4 nitrogen and oxygen atoms in total. The first-order valence-electron chi connectivity index (χ1n) is 5.68. The maximum Gasteiger partial charge on any atom is 0.280 e. The van der Waals surface area contributed by atoms with Gasteiger partial charge >= 0.3 is 0 Å². The molecule has 0 saturated carbocycles. The number of hydrogen-bond donors (Lipinski definition) is 1. The van der Waals surface area contributed by atoms with Gasteiger partial charge in [-0.15, -0.1) is 0 Å². The molecule has 0 atom stereocenters.